The number of rotatable bonds is 5. The summed E-state index contributed by atoms with van der Waals surface area (Å²) in [5.74, 6) is -1.16. The number of aromatic hydroxyl groups is 1. The van der Waals surface area contributed by atoms with Crippen LogP contribution >= 0.6 is 0 Å². The number of phenolic OH excluding ortho intramolecular Hbond substituents is 1. The third-order valence-corrected chi connectivity index (χ3v) is 6.65. The van der Waals surface area contributed by atoms with Crippen LogP contribution in [0.1, 0.15) is 11.3 Å². The second-order valence-corrected chi connectivity index (χ2v) is 8.90. The standard InChI is InChI=1S/C28H25F3N2O4/c1-36-20-9-7-18(8-10-20)24-25(35)21-11-12-23(34)22(26(21)37-27(24)28(29,30)31)17-32-13-15-33(16-14-32)19-5-3-2-4-6-19/h2-12,34H,13-17H2,1H3. The van der Waals surface area contributed by atoms with Crippen LogP contribution < -0.4 is 15.1 Å². The number of methoxy groups -OCH3 is 1. The van der Waals surface area contributed by atoms with Crippen molar-refractivity contribution < 1.29 is 27.4 Å². The highest BCUT2D eigenvalue weighted by Crippen LogP contribution is 2.39. The van der Waals surface area contributed by atoms with Gasteiger partial charge in [0.2, 0.25) is 11.2 Å². The van der Waals surface area contributed by atoms with Gasteiger partial charge < -0.3 is 19.2 Å². The topological polar surface area (TPSA) is 66.2 Å². The van der Waals surface area contributed by atoms with Crippen molar-refractivity contribution in [2.75, 3.05) is 38.2 Å². The number of benzene rings is 3. The lowest BCUT2D eigenvalue weighted by Gasteiger charge is -2.36. The molecule has 192 valence electrons. The Labute approximate surface area is 211 Å². The molecule has 37 heavy (non-hydrogen) atoms. The third-order valence-electron chi connectivity index (χ3n) is 6.65. The first-order chi connectivity index (χ1) is 17.8. The van der Waals surface area contributed by atoms with E-state index in [0.717, 1.165) is 18.8 Å². The maximum absolute atomic E-state index is 14.1. The molecule has 0 radical (unpaired) electrons. The lowest BCUT2D eigenvalue weighted by atomic mass is 10.00. The number of phenols is 1. The molecular weight excluding hydrogens is 485 g/mol. The molecule has 1 fully saturated rings. The molecule has 1 aromatic heterocycles. The molecule has 0 atom stereocenters. The monoisotopic (exact) mass is 510 g/mol. The SMILES string of the molecule is COc1ccc(-c2c(C(F)(F)F)oc3c(CN4CCN(c5ccccc5)CC4)c(O)ccc3c2=O)cc1. The number of piperazine rings is 1. The minimum absolute atomic E-state index is 0.0189. The number of ether oxygens (including phenoxy) is 1. The summed E-state index contributed by atoms with van der Waals surface area (Å²) in [7, 11) is 1.44. The number of fused-ring (bicyclic) bond motifs is 1. The van der Waals surface area contributed by atoms with Gasteiger partial charge in [-0.25, -0.2) is 0 Å². The Morgan fingerprint density at radius 1 is 0.946 bits per heavy atom. The molecule has 1 saturated heterocycles. The number of nitrogens with zero attached hydrogens (tertiary/aromatic N) is 2. The average Bonchev–Trinajstić information content (AvgIpc) is 2.90. The molecule has 5 rings (SSSR count). The highest BCUT2D eigenvalue weighted by Gasteiger charge is 2.40. The number of anilines is 1. The second kappa shape index (κ2) is 9.82. The number of halogens is 3. The van der Waals surface area contributed by atoms with E-state index in [1.54, 1.807) is 0 Å². The molecule has 6 nitrogen and oxygen atoms in total. The van der Waals surface area contributed by atoms with Gasteiger partial charge in [-0.1, -0.05) is 30.3 Å². The molecule has 4 aromatic rings. The fourth-order valence-corrected chi connectivity index (χ4v) is 4.70. The summed E-state index contributed by atoms with van der Waals surface area (Å²) in [6.07, 6.45) is -4.92. The van der Waals surface area contributed by atoms with Crippen molar-refractivity contribution in [1.29, 1.82) is 0 Å². The van der Waals surface area contributed by atoms with E-state index in [9.17, 15) is 23.1 Å². The van der Waals surface area contributed by atoms with E-state index in [-0.39, 0.29) is 34.4 Å². The van der Waals surface area contributed by atoms with E-state index in [0.29, 0.717) is 18.8 Å². The van der Waals surface area contributed by atoms with E-state index in [2.05, 4.69) is 4.90 Å². The normalized spacial score (nSPS) is 14.8. The Bertz CT molecular complexity index is 1460. The zero-order valence-electron chi connectivity index (χ0n) is 20.1. The highest BCUT2D eigenvalue weighted by atomic mass is 19.4. The molecule has 0 spiro atoms. The summed E-state index contributed by atoms with van der Waals surface area (Å²) in [6.45, 7) is 2.84. The van der Waals surface area contributed by atoms with Crippen molar-refractivity contribution >= 4 is 16.7 Å². The van der Waals surface area contributed by atoms with E-state index in [1.807, 2.05) is 35.2 Å². The van der Waals surface area contributed by atoms with Gasteiger partial charge in [0.15, 0.2) is 0 Å². The van der Waals surface area contributed by atoms with Crippen LogP contribution in [0.25, 0.3) is 22.1 Å². The van der Waals surface area contributed by atoms with Crippen molar-refractivity contribution in [2.24, 2.45) is 0 Å². The fraction of sp³-hybridized carbons (Fsp3) is 0.250. The first-order valence-corrected chi connectivity index (χ1v) is 11.8. The van der Waals surface area contributed by atoms with Gasteiger partial charge in [-0.15, -0.1) is 0 Å². The van der Waals surface area contributed by atoms with Gasteiger partial charge in [0.25, 0.3) is 0 Å². The lowest BCUT2D eigenvalue weighted by Crippen LogP contribution is -2.46. The van der Waals surface area contributed by atoms with Gasteiger partial charge >= 0.3 is 6.18 Å². The Balaban J connectivity index is 1.53. The molecule has 0 aliphatic carbocycles. The molecule has 3 aromatic carbocycles. The van der Waals surface area contributed by atoms with Crippen LogP contribution in [0, 0.1) is 0 Å². The Kier molecular flexibility index (Phi) is 6.55. The predicted molar refractivity (Wildman–Crippen MR) is 135 cm³/mol. The van der Waals surface area contributed by atoms with E-state index >= 15 is 0 Å². The summed E-state index contributed by atoms with van der Waals surface area (Å²) in [5.41, 5.74) is -0.309. The quantitative estimate of drug-likeness (QED) is 0.382. The van der Waals surface area contributed by atoms with Gasteiger partial charge in [-0.3, -0.25) is 9.69 Å². The molecule has 0 saturated carbocycles. The molecule has 1 N–H and O–H groups in total. The largest absolute Gasteiger partial charge is 0.507 e. The van der Waals surface area contributed by atoms with Gasteiger partial charge in [0.1, 0.15) is 17.1 Å². The van der Waals surface area contributed by atoms with Crippen LogP contribution in [-0.4, -0.2) is 43.3 Å². The second-order valence-electron chi connectivity index (χ2n) is 8.90. The number of hydrogen-bond donors (Lipinski definition) is 1. The maximum Gasteiger partial charge on any atom is 0.450 e. The number of hydrogen-bond acceptors (Lipinski definition) is 6. The Morgan fingerprint density at radius 3 is 2.24 bits per heavy atom. The summed E-state index contributed by atoms with van der Waals surface area (Å²) in [6, 6.07) is 18.3. The molecule has 9 heteroatoms. The molecule has 1 aliphatic rings. The highest BCUT2D eigenvalue weighted by molar-refractivity contribution is 5.87. The van der Waals surface area contributed by atoms with E-state index in [4.69, 9.17) is 9.15 Å². The van der Waals surface area contributed by atoms with Crippen LogP contribution in [0.3, 0.4) is 0 Å². The van der Waals surface area contributed by atoms with E-state index < -0.39 is 22.9 Å². The van der Waals surface area contributed by atoms with Gasteiger partial charge in [-0.2, -0.15) is 13.2 Å². The van der Waals surface area contributed by atoms with Crippen molar-refractivity contribution in [3.63, 3.8) is 0 Å². The zero-order chi connectivity index (χ0) is 26.2. The fourth-order valence-electron chi connectivity index (χ4n) is 4.70. The molecule has 2 heterocycles. The van der Waals surface area contributed by atoms with Crippen LogP contribution in [0.15, 0.2) is 75.9 Å². The van der Waals surface area contributed by atoms with Crippen LogP contribution in [0.5, 0.6) is 11.5 Å². The van der Waals surface area contributed by atoms with E-state index in [1.165, 1.54) is 43.5 Å². The molecule has 0 unspecified atom stereocenters. The maximum atomic E-state index is 14.1. The van der Waals surface area contributed by atoms with Crippen molar-refractivity contribution in [2.45, 2.75) is 12.7 Å². The van der Waals surface area contributed by atoms with Gasteiger partial charge in [0, 0.05) is 38.4 Å². The van der Waals surface area contributed by atoms with Crippen molar-refractivity contribution in [1.82, 2.24) is 4.90 Å². The van der Waals surface area contributed by atoms with Crippen LogP contribution in [-0.2, 0) is 12.7 Å². The predicted octanol–water partition coefficient (Wildman–Crippen LogP) is 5.52. The minimum atomic E-state index is -4.92. The summed E-state index contributed by atoms with van der Waals surface area (Å²) >= 11 is 0. The third kappa shape index (κ3) is 4.86. The summed E-state index contributed by atoms with van der Waals surface area (Å²) in [5, 5.41) is 10.6. The number of para-hydroxylation sites is 1. The molecule has 0 bridgehead atoms. The van der Waals surface area contributed by atoms with Gasteiger partial charge in [-0.05, 0) is 42.0 Å². The first-order valence-electron chi connectivity index (χ1n) is 11.8. The minimum Gasteiger partial charge on any atom is -0.507 e. The van der Waals surface area contributed by atoms with Crippen molar-refractivity contribution in [3.05, 3.63) is 88.3 Å². The smallest absolute Gasteiger partial charge is 0.450 e. The summed E-state index contributed by atoms with van der Waals surface area (Å²) < 4.78 is 53.0. The zero-order valence-corrected chi connectivity index (χ0v) is 20.1. The first kappa shape index (κ1) is 24.7. The lowest BCUT2D eigenvalue weighted by molar-refractivity contribution is -0.152. The van der Waals surface area contributed by atoms with Crippen LogP contribution in [0.2, 0.25) is 0 Å². The molecular formula is C28H25F3N2O4. The van der Waals surface area contributed by atoms with Crippen LogP contribution in [0.4, 0.5) is 18.9 Å². The molecule has 1 aliphatic heterocycles. The Hall–Kier alpha value is -3.98. The Morgan fingerprint density at radius 2 is 1.62 bits per heavy atom. The number of alkyl halides is 3. The summed E-state index contributed by atoms with van der Waals surface area (Å²) in [4.78, 5) is 17.7. The average molecular weight is 511 g/mol. The molecule has 0 amide bonds. The van der Waals surface area contributed by atoms with Gasteiger partial charge in [0.05, 0.1) is 23.6 Å². The van der Waals surface area contributed by atoms with Crippen molar-refractivity contribution in [3.8, 4) is 22.6 Å².